The fourth-order valence-corrected chi connectivity index (χ4v) is 4.32. The summed E-state index contributed by atoms with van der Waals surface area (Å²) in [6, 6.07) is 12.7. The largest absolute Gasteiger partial charge is 0.409 e. The summed E-state index contributed by atoms with van der Waals surface area (Å²) in [6.07, 6.45) is 8.97. The van der Waals surface area contributed by atoms with Gasteiger partial charge in [-0.05, 0) is 81.9 Å². The second kappa shape index (κ2) is 11.4. The zero-order chi connectivity index (χ0) is 27.4. The van der Waals surface area contributed by atoms with E-state index < -0.39 is 0 Å². The van der Waals surface area contributed by atoms with Crippen molar-refractivity contribution in [1.82, 2.24) is 24.0 Å². The number of rotatable bonds is 7. The Morgan fingerprint density at radius 2 is 1.15 bits per heavy atom. The lowest BCUT2D eigenvalue weighted by molar-refractivity contribution is 0.0444. The summed E-state index contributed by atoms with van der Waals surface area (Å²) in [4.78, 5) is 20.5. The second-order valence-corrected chi connectivity index (χ2v) is 9.51. The van der Waals surface area contributed by atoms with Gasteiger partial charge in [0.05, 0.1) is 12.4 Å². The summed E-state index contributed by atoms with van der Waals surface area (Å²) in [5.74, 6) is 14.0. The number of hydrogen-bond acceptors (Lipinski definition) is 4. The molecule has 0 spiro atoms. The van der Waals surface area contributed by atoms with Gasteiger partial charge in [-0.3, -0.25) is 0 Å². The Morgan fingerprint density at radius 3 is 1.56 bits per heavy atom. The van der Waals surface area contributed by atoms with E-state index in [2.05, 4.69) is 95.4 Å². The van der Waals surface area contributed by atoms with Crippen molar-refractivity contribution in [3.63, 3.8) is 0 Å². The van der Waals surface area contributed by atoms with E-state index in [4.69, 9.17) is 9.68 Å². The molecule has 39 heavy (non-hydrogen) atoms. The Kier molecular flexibility index (Phi) is 7.61. The van der Waals surface area contributed by atoms with Gasteiger partial charge in [-0.2, -0.15) is 9.46 Å². The molecule has 0 saturated carbocycles. The first kappa shape index (κ1) is 26.0. The topological polar surface area (TPSA) is 59.0 Å². The van der Waals surface area contributed by atoms with Crippen molar-refractivity contribution in [2.45, 2.75) is 66.2 Å². The Balaban J connectivity index is 1.50. The molecule has 7 nitrogen and oxygen atoms in total. The standard InChI is InChI=1S/C32H33N5O2/c1-6-23(4)38-36-19-17-33-31(36)15-11-25-9-13-29-27(21-25)28-22-26(10-14-30(28)35(29)8-3)12-16-32-34-18-20-37(32)39-24(5)7-2/h9-10,13-14,17-24H,6-8H2,1-5H3/t23-,24-/m1/s1. The van der Waals surface area contributed by atoms with Gasteiger partial charge >= 0.3 is 0 Å². The van der Waals surface area contributed by atoms with Crippen molar-refractivity contribution >= 4 is 21.8 Å². The summed E-state index contributed by atoms with van der Waals surface area (Å²) < 4.78 is 5.61. The van der Waals surface area contributed by atoms with Crippen molar-refractivity contribution in [3.8, 4) is 23.7 Å². The molecule has 0 aliphatic carbocycles. The number of nitrogens with zero attached hydrogens (tertiary/aromatic N) is 5. The number of fused-ring (bicyclic) bond motifs is 3. The second-order valence-electron chi connectivity index (χ2n) is 9.51. The molecule has 0 unspecified atom stereocenters. The molecule has 5 aromatic rings. The molecule has 5 rings (SSSR count). The minimum absolute atomic E-state index is 0.0843. The molecule has 0 aliphatic rings. The van der Waals surface area contributed by atoms with Gasteiger partial charge in [0.25, 0.3) is 0 Å². The summed E-state index contributed by atoms with van der Waals surface area (Å²) >= 11 is 0. The molecular formula is C32H33N5O2. The molecule has 0 saturated heterocycles. The lowest BCUT2D eigenvalue weighted by Gasteiger charge is -2.12. The van der Waals surface area contributed by atoms with Gasteiger partial charge in [-0.15, -0.1) is 0 Å². The van der Waals surface area contributed by atoms with Crippen LogP contribution in [-0.2, 0) is 6.54 Å². The van der Waals surface area contributed by atoms with Gasteiger partial charge in [0.1, 0.15) is 12.2 Å². The molecule has 0 fully saturated rings. The van der Waals surface area contributed by atoms with E-state index in [0.29, 0.717) is 11.6 Å². The third kappa shape index (κ3) is 5.49. The quantitative estimate of drug-likeness (QED) is 0.268. The number of hydrogen-bond donors (Lipinski definition) is 0. The highest BCUT2D eigenvalue weighted by Crippen LogP contribution is 2.30. The van der Waals surface area contributed by atoms with Crippen molar-refractivity contribution in [1.29, 1.82) is 0 Å². The first-order valence-electron chi connectivity index (χ1n) is 13.5. The van der Waals surface area contributed by atoms with Crippen molar-refractivity contribution < 1.29 is 9.68 Å². The maximum atomic E-state index is 5.89. The normalized spacial score (nSPS) is 12.4. The summed E-state index contributed by atoms with van der Waals surface area (Å²) in [6.45, 7) is 11.3. The minimum atomic E-state index is 0.0843. The van der Waals surface area contributed by atoms with E-state index in [1.54, 1.807) is 34.2 Å². The molecular weight excluding hydrogens is 486 g/mol. The molecule has 0 N–H and O–H groups in total. The predicted molar refractivity (Wildman–Crippen MR) is 154 cm³/mol. The van der Waals surface area contributed by atoms with E-state index in [9.17, 15) is 0 Å². The summed E-state index contributed by atoms with van der Waals surface area (Å²) in [5.41, 5.74) is 4.16. The first-order valence-corrected chi connectivity index (χ1v) is 13.5. The number of benzene rings is 2. The van der Waals surface area contributed by atoms with Crippen LogP contribution in [0.3, 0.4) is 0 Å². The molecule has 7 heteroatoms. The lowest BCUT2D eigenvalue weighted by Crippen LogP contribution is -2.21. The van der Waals surface area contributed by atoms with Gasteiger partial charge in [0, 0.05) is 51.9 Å². The van der Waals surface area contributed by atoms with Crippen LogP contribution in [0.25, 0.3) is 21.8 Å². The lowest BCUT2D eigenvalue weighted by atomic mass is 10.1. The Morgan fingerprint density at radius 1 is 0.692 bits per heavy atom. The third-order valence-corrected chi connectivity index (χ3v) is 6.77. The van der Waals surface area contributed by atoms with E-state index in [0.717, 1.165) is 41.3 Å². The Labute approximate surface area is 229 Å². The molecule has 3 heterocycles. The summed E-state index contributed by atoms with van der Waals surface area (Å²) in [7, 11) is 0. The van der Waals surface area contributed by atoms with Crippen LogP contribution >= 0.6 is 0 Å². The van der Waals surface area contributed by atoms with Crippen LogP contribution in [0.2, 0.25) is 0 Å². The molecule has 0 radical (unpaired) electrons. The van der Waals surface area contributed by atoms with Crippen LogP contribution in [0.1, 0.15) is 70.2 Å². The predicted octanol–water partition coefficient (Wildman–Crippen LogP) is 5.46. The van der Waals surface area contributed by atoms with E-state index in [1.807, 2.05) is 13.8 Å². The summed E-state index contributed by atoms with van der Waals surface area (Å²) in [5, 5.41) is 2.28. The van der Waals surface area contributed by atoms with Crippen LogP contribution in [-0.4, -0.2) is 36.2 Å². The SMILES string of the molecule is CC[C@@H](C)On1ccnc1C#Cc1ccc2c(c1)c1cc(C#Cc3nccn3O[C@H](C)CC)ccc1n2CC. The van der Waals surface area contributed by atoms with Gasteiger partial charge in [-0.25, -0.2) is 9.97 Å². The maximum absolute atomic E-state index is 5.89. The fraction of sp³-hybridized carbons (Fsp3) is 0.312. The van der Waals surface area contributed by atoms with Crippen molar-refractivity contribution in [2.75, 3.05) is 0 Å². The first-order chi connectivity index (χ1) is 19.0. The molecule has 198 valence electrons. The molecule has 0 amide bonds. The van der Waals surface area contributed by atoms with Crippen molar-refractivity contribution in [2.24, 2.45) is 0 Å². The van der Waals surface area contributed by atoms with Gasteiger partial charge in [0.2, 0.25) is 11.6 Å². The van der Waals surface area contributed by atoms with Gasteiger partial charge in [-0.1, -0.05) is 25.7 Å². The highest BCUT2D eigenvalue weighted by atomic mass is 16.7. The molecule has 0 aliphatic heterocycles. The number of imidazole rings is 2. The van der Waals surface area contributed by atoms with E-state index in [1.165, 1.54) is 11.0 Å². The van der Waals surface area contributed by atoms with E-state index >= 15 is 0 Å². The van der Waals surface area contributed by atoms with Crippen LogP contribution in [0.5, 0.6) is 0 Å². The Hall–Kier alpha value is -4.62. The third-order valence-electron chi connectivity index (χ3n) is 6.77. The smallest absolute Gasteiger partial charge is 0.219 e. The van der Waals surface area contributed by atoms with Gasteiger partial charge < -0.3 is 14.2 Å². The monoisotopic (exact) mass is 519 g/mol. The maximum Gasteiger partial charge on any atom is 0.219 e. The Bertz CT molecular complexity index is 1610. The minimum Gasteiger partial charge on any atom is -0.409 e. The van der Waals surface area contributed by atoms with Crippen LogP contribution in [0, 0.1) is 23.7 Å². The number of aryl methyl sites for hydroxylation is 1. The van der Waals surface area contributed by atoms with E-state index in [-0.39, 0.29) is 12.2 Å². The average Bonchev–Trinajstić information content (AvgIpc) is 3.67. The van der Waals surface area contributed by atoms with Crippen LogP contribution in [0.15, 0.2) is 61.2 Å². The molecule has 2 atom stereocenters. The average molecular weight is 520 g/mol. The molecule has 0 bridgehead atoms. The zero-order valence-electron chi connectivity index (χ0n) is 23.1. The van der Waals surface area contributed by atoms with Crippen LogP contribution < -0.4 is 9.68 Å². The zero-order valence-corrected chi connectivity index (χ0v) is 23.1. The highest BCUT2D eigenvalue weighted by Gasteiger charge is 2.11. The van der Waals surface area contributed by atoms with Crippen molar-refractivity contribution in [3.05, 3.63) is 84.0 Å². The highest BCUT2D eigenvalue weighted by molar-refractivity contribution is 6.09. The number of aromatic nitrogens is 5. The fourth-order valence-electron chi connectivity index (χ4n) is 4.32. The van der Waals surface area contributed by atoms with Crippen LogP contribution in [0.4, 0.5) is 0 Å². The molecule has 3 aromatic heterocycles. The molecule has 2 aromatic carbocycles. The van der Waals surface area contributed by atoms with Gasteiger partial charge in [0.15, 0.2) is 0 Å².